The number of nitrogens with zero attached hydrogens (tertiary/aromatic N) is 2. The Morgan fingerprint density at radius 3 is 2.07 bits per heavy atom. The monoisotopic (exact) mass is 578 g/mol. The van der Waals surface area contributed by atoms with Crippen LogP contribution in [0.15, 0.2) is 42.5 Å². The van der Waals surface area contributed by atoms with E-state index in [2.05, 4.69) is 16.7 Å². The summed E-state index contributed by atoms with van der Waals surface area (Å²) in [6, 6.07) is 10.5. The topological polar surface area (TPSA) is 122 Å². The number of carbonyl (C=O) groups is 3. The van der Waals surface area contributed by atoms with Gasteiger partial charge in [-0.2, -0.15) is 0 Å². The molecule has 0 saturated heterocycles. The lowest BCUT2D eigenvalue weighted by Crippen LogP contribution is -2.54. The lowest BCUT2D eigenvalue weighted by molar-refractivity contribution is -0.129. The molecule has 0 bridgehead atoms. The van der Waals surface area contributed by atoms with E-state index in [1.54, 1.807) is 60.2 Å². The first-order valence-electron chi connectivity index (χ1n) is 14.8. The van der Waals surface area contributed by atoms with Crippen LogP contribution in [0.2, 0.25) is 0 Å². The summed E-state index contributed by atoms with van der Waals surface area (Å²) in [5.41, 5.74) is 4.58. The highest BCUT2D eigenvalue weighted by Crippen LogP contribution is 2.17. The second-order valence-electron chi connectivity index (χ2n) is 10.8. The third-order valence-corrected chi connectivity index (χ3v) is 6.75. The first-order valence-corrected chi connectivity index (χ1v) is 14.8. The van der Waals surface area contributed by atoms with Crippen LogP contribution in [-0.2, 0) is 11.2 Å². The van der Waals surface area contributed by atoms with Crippen LogP contribution in [0.3, 0.4) is 0 Å². The molecule has 4 N–H and O–H groups in total. The molecule has 2 aromatic rings. The molecule has 3 amide bonds. The van der Waals surface area contributed by atoms with Crippen LogP contribution in [-0.4, -0.2) is 76.2 Å². The normalized spacial score (nSPS) is 12.5. The standard InChI is InChI=1S/C33H46N4O5/c1-7-15-36(16-8-2)33(42)27-19-24(10-4)18-26(21-27)32(41)34-29(20-25-11-13-28(38)14-12-25)30(39)22-37(17-9-3)35-31(40)23(5)6/h4,11-14,18-19,21,23,29-30,38-39H,7-9,15-17,20,22H2,1-3,5-6H3,(H,34,41)(H,35,40). The van der Waals surface area contributed by atoms with Crippen LogP contribution in [0.4, 0.5) is 0 Å². The lowest BCUT2D eigenvalue weighted by atomic mass is 9.99. The summed E-state index contributed by atoms with van der Waals surface area (Å²) in [6.07, 6.45) is 7.22. The van der Waals surface area contributed by atoms with E-state index in [0.29, 0.717) is 30.8 Å². The molecule has 0 saturated carbocycles. The van der Waals surface area contributed by atoms with E-state index in [9.17, 15) is 24.6 Å². The number of aromatic hydroxyl groups is 1. The predicted molar refractivity (Wildman–Crippen MR) is 165 cm³/mol. The summed E-state index contributed by atoms with van der Waals surface area (Å²) in [5, 5.41) is 25.7. The Hall–Kier alpha value is -3.87. The minimum Gasteiger partial charge on any atom is -0.508 e. The Morgan fingerprint density at radius 2 is 1.52 bits per heavy atom. The molecule has 9 nitrogen and oxygen atoms in total. The number of hydrogen-bond acceptors (Lipinski definition) is 6. The fraction of sp³-hybridized carbons (Fsp3) is 0.485. The molecule has 42 heavy (non-hydrogen) atoms. The van der Waals surface area contributed by atoms with Crippen molar-refractivity contribution in [2.45, 2.75) is 72.4 Å². The average molecular weight is 579 g/mol. The summed E-state index contributed by atoms with van der Waals surface area (Å²) in [7, 11) is 0. The second kappa shape index (κ2) is 17.2. The second-order valence-corrected chi connectivity index (χ2v) is 10.8. The lowest BCUT2D eigenvalue weighted by Gasteiger charge is -2.31. The number of benzene rings is 2. The Labute approximate surface area is 250 Å². The summed E-state index contributed by atoms with van der Waals surface area (Å²) in [4.78, 5) is 41.0. The zero-order valence-corrected chi connectivity index (χ0v) is 25.5. The van der Waals surface area contributed by atoms with Gasteiger partial charge < -0.3 is 20.4 Å². The van der Waals surface area contributed by atoms with E-state index < -0.39 is 18.1 Å². The fourth-order valence-corrected chi connectivity index (χ4v) is 4.52. The summed E-state index contributed by atoms with van der Waals surface area (Å²) < 4.78 is 0. The average Bonchev–Trinajstić information content (AvgIpc) is 2.97. The molecule has 0 aliphatic rings. The van der Waals surface area contributed by atoms with Gasteiger partial charge in [-0.05, 0) is 61.6 Å². The SMILES string of the molecule is C#Cc1cc(C(=O)NC(Cc2ccc(O)cc2)C(O)CN(CCC)NC(=O)C(C)C)cc(C(=O)N(CCC)CCC)c1. The summed E-state index contributed by atoms with van der Waals surface area (Å²) in [6.45, 7) is 11.3. The van der Waals surface area contributed by atoms with E-state index in [4.69, 9.17) is 6.42 Å². The largest absolute Gasteiger partial charge is 0.508 e. The van der Waals surface area contributed by atoms with Gasteiger partial charge in [0.2, 0.25) is 5.91 Å². The number of hydrazine groups is 1. The van der Waals surface area contributed by atoms with Gasteiger partial charge >= 0.3 is 0 Å². The Morgan fingerprint density at radius 1 is 0.929 bits per heavy atom. The van der Waals surface area contributed by atoms with Gasteiger partial charge in [0.25, 0.3) is 11.8 Å². The maximum atomic E-state index is 13.6. The fourth-order valence-electron chi connectivity index (χ4n) is 4.52. The molecule has 2 unspecified atom stereocenters. The van der Waals surface area contributed by atoms with Gasteiger partial charge in [-0.3, -0.25) is 19.8 Å². The van der Waals surface area contributed by atoms with Gasteiger partial charge in [0.05, 0.1) is 12.1 Å². The van der Waals surface area contributed by atoms with Gasteiger partial charge in [0, 0.05) is 48.8 Å². The van der Waals surface area contributed by atoms with Crippen molar-refractivity contribution >= 4 is 17.7 Å². The van der Waals surface area contributed by atoms with Crippen molar-refractivity contribution in [1.82, 2.24) is 20.7 Å². The summed E-state index contributed by atoms with van der Waals surface area (Å²) in [5.74, 6) is 1.56. The molecular weight excluding hydrogens is 532 g/mol. The van der Waals surface area contributed by atoms with E-state index in [0.717, 1.165) is 24.8 Å². The molecule has 2 rings (SSSR count). The van der Waals surface area contributed by atoms with E-state index in [-0.39, 0.29) is 42.0 Å². The minimum atomic E-state index is -1.07. The number of aliphatic hydroxyl groups is 1. The van der Waals surface area contributed by atoms with Crippen molar-refractivity contribution in [3.63, 3.8) is 0 Å². The van der Waals surface area contributed by atoms with E-state index >= 15 is 0 Å². The number of terminal acetylenes is 1. The van der Waals surface area contributed by atoms with Gasteiger partial charge in [0.15, 0.2) is 0 Å². The number of hydrogen-bond donors (Lipinski definition) is 4. The molecule has 0 heterocycles. The molecule has 0 radical (unpaired) electrons. The number of rotatable bonds is 16. The Bertz CT molecular complexity index is 1220. The molecule has 2 aromatic carbocycles. The maximum absolute atomic E-state index is 13.6. The van der Waals surface area contributed by atoms with Crippen LogP contribution in [0.5, 0.6) is 5.75 Å². The highest BCUT2D eigenvalue weighted by atomic mass is 16.3. The number of amides is 3. The van der Waals surface area contributed by atoms with E-state index in [1.165, 1.54) is 6.07 Å². The van der Waals surface area contributed by atoms with Crippen molar-refractivity contribution in [2.24, 2.45) is 5.92 Å². The van der Waals surface area contributed by atoms with Gasteiger partial charge in [-0.1, -0.05) is 52.7 Å². The van der Waals surface area contributed by atoms with Crippen LogP contribution in [0, 0.1) is 18.3 Å². The van der Waals surface area contributed by atoms with Crippen LogP contribution >= 0.6 is 0 Å². The zero-order chi connectivity index (χ0) is 31.2. The van der Waals surface area contributed by atoms with Crippen LogP contribution in [0.1, 0.15) is 85.7 Å². The van der Waals surface area contributed by atoms with Crippen molar-refractivity contribution in [1.29, 1.82) is 0 Å². The Kier molecular flexibility index (Phi) is 14.0. The van der Waals surface area contributed by atoms with Gasteiger partial charge in [-0.15, -0.1) is 6.42 Å². The third-order valence-electron chi connectivity index (χ3n) is 6.75. The number of phenolic OH excluding ortho intramolecular Hbond substituents is 1. The highest BCUT2D eigenvalue weighted by molar-refractivity contribution is 6.00. The number of aliphatic hydroxyl groups excluding tert-OH is 1. The predicted octanol–water partition coefficient (Wildman–Crippen LogP) is 3.74. The number of carbonyl (C=O) groups excluding carboxylic acids is 3. The van der Waals surface area contributed by atoms with Crippen molar-refractivity contribution in [3.8, 4) is 18.1 Å². The van der Waals surface area contributed by atoms with Gasteiger partial charge in [-0.25, -0.2) is 5.01 Å². The molecule has 9 heteroatoms. The molecule has 2 atom stereocenters. The quantitative estimate of drug-likeness (QED) is 0.178. The molecule has 228 valence electrons. The first kappa shape index (κ1) is 34.3. The first-order chi connectivity index (χ1) is 20.0. The molecule has 0 spiro atoms. The van der Waals surface area contributed by atoms with E-state index in [1.807, 2.05) is 20.8 Å². The smallest absolute Gasteiger partial charge is 0.253 e. The van der Waals surface area contributed by atoms with Crippen molar-refractivity contribution in [2.75, 3.05) is 26.2 Å². The zero-order valence-electron chi connectivity index (χ0n) is 25.5. The molecule has 0 aliphatic heterocycles. The number of phenols is 1. The third kappa shape index (κ3) is 10.5. The molecular formula is C33H46N4O5. The number of nitrogens with one attached hydrogen (secondary N) is 2. The summed E-state index contributed by atoms with van der Waals surface area (Å²) >= 11 is 0. The molecule has 0 aromatic heterocycles. The molecule has 0 fully saturated rings. The van der Waals surface area contributed by atoms with Crippen molar-refractivity contribution < 1.29 is 24.6 Å². The van der Waals surface area contributed by atoms with Crippen LogP contribution in [0.25, 0.3) is 0 Å². The maximum Gasteiger partial charge on any atom is 0.253 e. The van der Waals surface area contributed by atoms with Gasteiger partial charge in [0.1, 0.15) is 5.75 Å². The van der Waals surface area contributed by atoms with Crippen molar-refractivity contribution in [3.05, 3.63) is 64.7 Å². The van der Waals surface area contributed by atoms with Crippen LogP contribution < -0.4 is 10.7 Å². The Balaban J connectivity index is 2.38. The molecule has 0 aliphatic carbocycles. The highest BCUT2D eigenvalue weighted by Gasteiger charge is 2.26. The minimum absolute atomic E-state index is 0.0759.